The summed E-state index contributed by atoms with van der Waals surface area (Å²) in [5.74, 6) is 0.593. The third-order valence-electron chi connectivity index (χ3n) is 6.78. The highest BCUT2D eigenvalue weighted by Gasteiger charge is 2.26. The molecule has 0 radical (unpaired) electrons. The predicted octanol–water partition coefficient (Wildman–Crippen LogP) is 3.74. The Morgan fingerprint density at radius 3 is 2.44 bits per heavy atom. The molecule has 0 saturated carbocycles. The number of ether oxygens (including phenoxy) is 2. The maximum Gasteiger partial charge on any atom is 0.290 e. The zero-order valence-electron chi connectivity index (χ0n) is 22.6. The number of carbonyl (C=O) groups is 2. The second-order valence-electron chi connectivity index (χ2n) is 9.34. The van der Waals surface area contributed by atoms with E-state index in [1.54, 1.807) is 38.1 Å². The Morgan fingerprint density at radius 2 is 1.79 bits per heavy atom. The lowest BCUT2D eigenvalue weighted by atomic mass is 10.0. The van der Waals surface area contributed by atoms with Crippen molar-refractivity contribution in [1.29, 1.82) is 0 Å². The molecule has 9 nitrogen and oxygen atoms in total. The number of amides is 2. The number of hydrogen-bond donors (Lipinski definition) is 1. The van der Waals surface area contributed by atoms with E-state index in [4.69, 9.17) is 14.5 Å². The number of hydrogen-bond acceptors (Lipinski definition) is 6. The first-order valence-corrected chi connectivity index (χ1v) is 12.8. The van der Waals surface area contributed by atoms with Gasteiger partial charge in [-0.3, -0.25) is 4.79 Å². The molecule has 3 aromatic carbocycles. The number of benzene rings is 3. The third-order valence-corrected chi connectivity index (χ3v) is 6.78. The Kier molecular flexibility index (Phi) is 8.70. The summed E-state index contributed by atoms with van der Waals surface area (Å²) in [5, 5.41) is 14.7. The first-order chi connectivity index (χ1) is 18.8. The number of fused-ring (bicyclic) bond motifs is 1. The van der Waals surface area contributed by atoms with Crippen LogP contribution in [0.3, 0.4) is 0 Å². The van der Waals surface area contributed by atoms with Gasteiger partial charge in [0.05, 0.1) is 7.11 Å². The van der Waals surface area contributed by atoms with Crippen LogP contribution in [0.4, 0.5) is 16.2 Å². The molecule has 2 amide bonds. The van der Waals surface area contributed by atoms with Crippen LogP contribution in [0.15, 0.2) is 71.7 Å². The summed E-state index contributed by atoms with van der Waals surface area (Å²) in [4.78, 5) is 32.7. The number of carbonyl (C=O) groups excluding carboxylic acids is 2. The van der Waals surface area contributed by atoms with Crippen molar-refractivity contribution in [2.24, 2.45) is 4.99 Å². The van der Waals surface area contributed by atoms with Gasteiger partial charge < -0.3 is 34.5 Å². The van der Waals surface area contributed by atoms with Crippen LogP contribution in [0.5, 0.6) is 5.75 Å². The molecule has 1 unspecified atom stereocenters. The quantitative estimate of drug-likeness (QED) is 0.453. The smallest absolute Gasteiger partial charge is 0.290 e. The molecule has 3 aromatic rings. The van der Waals surface area contributed by atoms with Gasteiger partial charge in [-0.15, -0.1) is 0 Å². The van der Waals surface area contributed by atoms with Crippen LogP contribution in [-0.2, 0) is 29.1 Å². The molecule has 9 heteroatoms. The van der Waals surface area contributed by atoms with Gasteiger partial charge >= 0.3 is 0 Å². The fourth-order valence-corrected chi connectivity index (χ4v) is 4.60. The predicted molar refractivity (Wildman–Crippen MR) is 149 cm³/mol. The second-order valence-corrected chi connectivity index (χ2v) is 9.34. The zero-order chi connectivity index (χ0) is 27.9. The summed E-state index contributed by atoms with van der Waals surface area (Å²) in [6, 6.07) is 20.4. The highest BCUT2D eigenvalue weighted by molar-refractivity contribution is 5.95. The van der Waals surface area contributed by atoms with E-state index < -0.39 is 12.1 Å². The van der Waals surface area contributed by atoms with E-state index in [9.17, 15) is 14.7 Å². The fraction of sp³-hybridized carbons (Fsp3) is 0.300. The standard InChI is InChI=1S/C30H34N4O5/c1-5-34(30(36)37)27-16-15-25-24(20(27)2)19-39-29(31-25)32-26(17-21-11-13-23(38-4)14-12-21)28(35)33(3)18-22-9-7-6-8-10-22/h6-16,26H,5,17-19H2,1-4H3,(H,31,32)(H,36,37)/p-1. The van der Waals surface area contributed by atoms with Gasteiger partial charge in [0, 0.05) is 43.5 Å². The SMILES string of the molecule is CCN(C(=O)[O-])c1ccc2c(c1C)COC(=NC(Cc1ccc(OC)cc1)C(=O)N(C)Cc1ccccc1)N2. The first kappa shape index (κ1) is 27.5. The lowest BCUT2D eigenvalue weighted by molar-refractivity contribution is -0.246. The number of anilines is 2. The van der Waals surface area contributed by atoms with Crippen LogP contribution in [-0.4, -0.2) is 49.7 Å². The summed E-state index contributed by atoms with van der Waals surface area (Å²) in [5.41, 5.74) is 4.87. The lowest BCUT2D eigenvalue weighted by Crippen LogP contribution is -2.41. The van der Waals surface area contributed by atoms with Gasteiger partial charge in [0.25, 0.3) is 6.02 Å². The molecule has 1 heterocycles. The maximum absolute atomic E-state index is 13.6. The van der Waals surface area contributed by atoms with E-state index in [-0.39, 0.29) is 25.1 Å². The van der Waals surface area contributed by atoms with Gasteiger partial charge in [0.2, 0.25) is 5.91 Å². The Morgan fingerprint density at radius 1 is 1.08 bits per heavy atom. The Bertz CT molecular complexity index is 1340. The minimum atomic E-state index is -1.26. The fourth-order valence-electron chi connectivity index (χ4n) is 4.60. The topological polar surface area (TPSA) is 107 Å². The van der Waals surface area contributed by atoms with Gasteiger partial charge in [-0.05, 0) is 54.8 Å². The largest absolute Gasteiger partial charge is 0.530 e. The van der Waals surface area contributed by atoms with Gasteiger partial charge in [-0.1, -0.05) is 42.5 Å². The van der Waals surface area contributed by atoms with Crippen LogP contribution < -0.4 is 20.1 Å². The second kappa shape index (κ2) is 12.3. The maximum atomic E-state index is 13.6. The van der Waals surface area contributed by atoms with Crippen molar-refractivity contribution in [2.45, 2.75) is 39.5 Å². The van der Waals surface area contributed by atoms with E-state index in [1.807, 2.05) is 61.5 Å². The molecule has 1 aliphatic heterocycles. The molecule has 4 rings (SSSR count). The molecule has 0 bridgehead atoms. The van der Waals surface area contributed by atoms with Gasteiger partial charge in [0.1, 0.15) is 24.5 Å². The van der Waals surface area contributed by atoms with E-state index in [1.165, 1.54) is 4.90 Å². The summed E-state index contributed by atoms with van der Waals surface area (Å²) in [7, 11) is 3.38. The molecular formula is C30H33N4O5-. The number of carboxylic acid groups (broad SMARTS) is 1. The minimum Gasteiger partial charge on any atom is -0.530 e. The number of rotatable bonds is 9. The average Bonchev–Trinajstić information content (AvgIpc) is 2.94. The molecule has 1 atom stereocenters. The molecule has 0 aliphatic carbocycles. The number of nitrogens with zero attached hydrogens (tertiary/aromatic N) is 3. The molecule has 0 saturated heterocycles. The molecule has 0 spiro atoms. The highest BCUT2D eigenvalue weighted by atomic mass is 16.5. The normalized spacial score (nSPS) is 14.0. The Hall–Kier alpha value is -4.53. The summed E-state index contributed by atoms with van der Waals surface area (Å²) in [6.45, 7) is 4.52. The summed E-state index contributed by atoms with van der Waals surface area (Å²) in [6.07, 6.45) is -0.884. The number of methoxy groups -OCH3 is 1. The Labute approximate surface area is 228 Å². The Balaban J connectivity index is 1.60. The van der Waals surface area contributed by atoms with Crippen LogP contribution in [0.1, 0.15) is 29.2 Å². The average molecular weight is 530 g/mol. The van der Waals surface area contributed by atoms with Crippen LogP contribution in [0.25, 0.3) is 0 Å². The lowest BCUT2D eigenvalue weighted by Gasteiger charge is -2.30. The van der Waals surface area contributed by atoms with Gasteiger partial charge in [0.15, 0.2) is 0 Å². The molecular weight excluding hydrogens is 496 g/mol. The van der Waals surface area contributed by atoms with Crippen molar-refractivity contribution in [3.63, 3.8) is 0 Å². The van der Waals surface area contributed by atoms with E-state index in [2.05, 4.69) is 5.32 Å². The number of nitrogens with one attached hydrogen (secondary N) is 1. The zero-order valence-corrected chi connectivity index (χ0v) is 22.6. The number of amidine groups is 1. The summed E-state index contributed by atoms with van der Waals surface area (Å²) < 4.78 is 11.2. The molecule has 1 aliphatic rings. The first-order valence-electron chi connectivity index (χ1n) is 12.8. The number of aliphatic imine (C=N–C) groups is 1. The van der Waals surface area contributed by atoms with Crippen LogP contribution in [0.2, 0.25) is 0 Å². The van der Waals surface area contributed by atoms with Gasteiger partial charge in [-0.25, -0.2) is 4.99 Å². The third kappa shape index (κ3) is 6.49. The van der Waals surface area contributed by atoms with Crippen LogP contribution in [0, 0.1) is 6.92 Å². The number of likely N-dealkylation sites (N-methyl/N-ethyl adjacent to an activating group) is 1. The van der Waals surface area contributed by atoms with E-state index >= 15 is 0 Å². The van der Waals surface area contributed by atoms with Crippen molar-refractivity contribution in [1.82, 2.24) is 4.90 Å². The molecule has 0 fully saturated rings. The van der Waals surface area contributed by atoms with E-state index in [0.717, 1.165) is 33.7 Å². The van der Waals surface area contributed by atoms with Crippen molar-refractivity contribution < 1.29 is 24.2 Å². The molecule has 39 heavy (non-hydrogen) atoms. The van der Waals surface area contributed by atoms with Gasteiger partial charge in [-0.2, -0.15) is 0 Å². The van der Waals surface area contributed by atoms with Crippen molar-refractivity contribution in [3.8, 4) is 5.75 Å². The molecule has 0 aromatic heterocycles. The molecule has 204 valence electrons. The highest BCUT2D eigenvalue weighted by Crippen LogP contribution is 2.32. The summed E-state index contributed by atoms with van der Waals surface area (Å²) >= 11 is 0. The van der Waals surface area contributed by atoms with Crippen molar-refractivity contribution in [3.05, 3.63) is 89.0 Å². The van der Waals surface area contributed by atoms with Crippen molar-refractivity contribution in [2.75, 3.05) is 30.9 Å². The van der Waals surface area contributed by atoms with E-state index in [0.29, 0.717) is 18.7 Å². The monoisotopic (exact) mass is 529 g/mol. The molecule has 1 N–H and O–H groups in total. The minimum absolute atomic E-state index is 0.141. The van der Waals surface area contributed by atoms with Crippen molar-refractivity contribution >= 4 is 29.4 Å². The van der Waals surface area contributed by atoms with Crippen LogP contribution >= 0.6 is 0 Å².